The normalized spacial score (nSPS) is 38.8. The molecular weight excluding hydrogens is 358 g/mol. The summed E-state index contributed by atoms with van der Waals surface area (Å²) in [5.41, 5.74) is -0.247. The number of piperidine rings is 1. The van der Waals surface area contributed by atoms with Gasteiger partial charge in [-0.05, 0) is 37.0 Å². The third-order valence-corrected chi connectivity index (χ3v) is 9.00. The Bertz CT molecular complexity index is 669. The molecule has 2 amide bonds. The lowest BCUT2D eigenvalue weighted by molar-refractivity contribution is -0.112. The minimum absolute atomic E-state index is 0.130. The van der Waals surface area contributed by atoms with Crippen molar-refractivity contribution in [3.63, 3.8) is 0 Å². The minimum atomic E-state index is -0.771. The summed E-state index contributed by atoms with van der Waals surface area (Å²) in [6.07, 6.45) is 8.55. The number of nitrogens with zero attached hydrogens (tertiary/aromatic N) is 2. The SMILES string of the molecule is CCC1C(N2CCC3(CC2)OC(=O)NC32CCCC2)CC12CCN(C(=O)O)C2. The molecule has 0 aromatic carbocycles. The number of ether oxygens (including phenoxy) is 1. The molecule has 0 aromatic heterocycles. The quantitative estimate of drug-likeness (QED) is 0.756. The summed E-state index contributed by atoms with van der Waals surface area (Å²) in [4.78, 5) is 27.7. The molecule has 0 bridgehead atoms. The zero-order valence-electron chi connectivity index (χ0n) is 16.9. The third-order valence-electron chi connectivity index (χ3n) is 9.00. The Labute approximate surface area is 166 Å². The number of hydrogen-bond donors (Lipinski definition) is 2. The van der Waals surface area contributed by atoms with Crippen LogP contribution in [-0.4, -0.2) is 70.5 Å². The van der Waals surface area contributed by atoms with E-state index >= 15 is 0 Å². The molecule has 5 aliphatic rings. The van der Waals surface area contributed by atoms with Gasteiger partial charge in [-0.25, -0.2) is 9.59 Å². The van der Waals surface area contributed by atoms with Gasteiger partial charge in [0.05, 0.1) is 5.54 Å². The Morgan fingerprint density at radius 2 is 1.89 bits per heavy atom. The molecule has 3 atom stereocenters. The number of carbonyl (C=O) groups excluding carboxylic acids is 1. The number of hydrogen-bond acceptors (Lipinski definition) is 4. The minimum Gasteiger partial charge on any atom is -0.465 e. The maximum Gasteiger partial charge on any atom is 0.408 e. The molecule has 7 nitrogen and oxygen atoms in total. The van der Waals surface area contributed by atoms with E-state index in [1.54, 1.807) is 4.90 Å². The van der Waals surface area contributed by atoms with Crippen LogP contribution in [0.4, 0.5) is 9.59 Å². The van der Waals surface area contributed by atoms with Crippen molar-refractivity contribution in [1.29, 1.82) is 0 Å². The van der Waals surface area contributed by atoms with Crippen LogP contribution < -0.4 is 5.32 Å². The molecular formula is C21H33N3O4. The average Bonchev–Trinajstić information content (AvgIpc) is 3.35. The van der Waals surface area contributed by atoms with Crippen molar-refractivity contribution in [3.05, 3.63) is 0 Å². The van der Waals surface area contributed by atoms with E-state index in [0.29, 0.717) is 25.0 Å². The molecule has 3 spiro atoms. The number of likely N-dealkylation sites (tertiary alicyclic amines) is 2. The number of amides is 2. The summed E-state index contributed by atoms with van der Waals surface area (Å²) < 4.78 is 5.95. The second kappa shape index (κ2) is 6.25. The van der Waals surface area contributed by atoms with E-state index in [4.69, 9.17) is 4.74 Å². The van der Waals surface area contributed by atoms with Gasteiger partial charge in [0.15, 0.2) is 0 Å². The lowest BCUT2D eigenvalue weighted by Crippen LogP contribution is -2.65. The fourth-order valence-corrected chi connectivity index (χ4v) is 7.54. The highest BCUT2D eigenvalue weighted by Crippen LogP contribution is 2.57. The molecule has 5 rings (SSSR count). The van der Waals surface area contributed by atoms with Gasteiger partial charge in [-0.3, -0.25) is 4.90 Å². The first-order valence-corrected chi connectivity index (χ1v) is 11.2. The van der Waals surface area contributed by atoms with Gasteiger partial charge >= 0.3 is 12.2 Å². The van der Waals surface area contributed by atoms with E-state index in [0.717, 1.165) is 58.0 Å². The smallest absolute Gasteiger partial charge is 0.408 e. The topological polar surface area (TPSA) is 82.1 Å². The van der Waals surface area contributed by atoms with Crippen LogP contribution in [0, 0.1) is 11.3 Å². The molecule has 0 aromatic rings. The molecule has 3 heterocycles. The lowest BCUT2D eigenvalue weighted by Gasteiger charge is -2.59. The van der Waals surface area contributed by atoms with Crippen molar-refractivity contribution >= 4 is 12.2 Å². The molecule has 3 aliphatic heterocycles. The van der Waals surface area contributed by atoms with E-state index in [2.05, 4.69) is 17.1 Å². The van der Waals surface area contributed by atoms with Gasteiger partial charge in [0.1, 0.15) is 5.60 Å². The van der Waals surface area contributed by atoms with Gasteiger partial charge in [-0.2, -0.15) is 0 Å². The number of nitrogens with one attached hydrogen (secondary N) is 1. The lowest BCUT2D eigenvalue weighted by atomic mass is 9.54. The maximum absolute atomic E-state index is 12.1. The molecule has 3 saturated heterocycles. The summed E-state index contributed by atoms with van der Waals surface area (Å²) in [6, 6.07) is 0.556. The summed E-state index contributed by atoms with van der Waals surface area (Å²) in [5, 5.41) is 12.5. The molecule has 2 N–H and O–H groups in total. The predicted octanol–water partition coefficient (Wildman–Crippen LogP) is 3.04. The average molecular weight is 392 g/mol. The van der Waals surface area contributed by atoms with Crippen LogP contribution in [0.3, 0.4) is 0 Å². The number of carboxylic acid groups (broad SMARTS) is 1. The molecule has 2 saturated carbocycles. The Morgan fingerprint density at radius 3 is 2.50 bits per heavy atom. The molecule has 3 unspecified atom stereocenters. The van der Waals surface area contributed by atoms with Gasteiger partial charge in [-0.1, -0.05) is 26.2 Å². The van der Waals surface area contributed by atoms with Crippen molar-refractivity contribution in [3.8, 4) is 0 Å². The van der Waals surface area contributed by atoms with Crippen LogP contribution in [0.1, 0.15) is 64.7 Å². The van der Waals surface area contributed by atoms with Gasteiger partial charge in [-0.15, -0.1) is 0 Å². The summed E-state index contributed by atoms with van der Waals surface area (Å²) in [7, 11) is 0. The van der Waals surface area contributed by atoms with Crippen molar-refractivity contribution in [1.82, 2.24) is 15.1 Å². The number of carbonyl (C=O) groups is 2. The Balaban J connectivity index is 1.26. The largest absolute Gasteiger partial charge is 0.465 e. The Hall–Kier alpha value is -1.50. The van der Waals surface area contributed by atoms with Gasteiger partial charge in [0, 0.05) is 45.1 Å². The standard InChI is InChI=1S/C21H33N3O4/c1-2-15-16(13-19(15)7-10-24(14-19)18(26)27)23-11-8-21(9-12-23)20(5-3-4-6-20)22-17(25)28-21/h15-16H,2-14H2,1H3,(H,22,25)(H,26,27). The summed E-state index contributed by atoms with van der Waals surface area (Å²) in [6.45, 7) is 5.61. The van der Waals surface area contributed by atoms with Gasteiger partial charge in [0.25, 0.3) is 0 Å². The van der Waals surface area contributed by atoms with E-state index in [9.17, 15) is 14.7 Å². The van der Waals surface area contributed by atoms with Crippen molar-refractivity contribution in [2.75, 3.05) is 26.2 Å². The zero-order valence-corrected chi connectivity index (χ0v) is 16.9. The molecule has 0 radical (unpaired) electrons. The Morgan fingerprint density at radius 1 is 1.18 bits per heavy atom. The van der Waals surface area contributed by atoms with Crippen LogP contribution in [0.15, 0.2) is 0 Å². The molecule has 156 valence electrons. The van der Waals surface area contributed by atoms with Crippen LogP contribution in [0.25, 0.3) is 0 Å². The van der Waals surface area contributed by atoms with Gasteiger partial charge < -0.3 is 20.1 Å². The second-order valence-electron chi connectivity index (χ2n) is 9.94. The first-order chi connectivity index (χ1) is 13.4. The summed E-state index contributed by atoms with van der Waals surface area (Å²) >= 11 is 0. The first-order valence-electron chi connectivity index (χ1n) is 11.2. The van der Waals surface area contributed by atoms with Crippen LogP contribution in [0.5, 0.6) is 0 Å². The van der Waals surface area contributed by atoms with E-state index in [-0.39, 0.29) is 22.6 Å². The Kier molecular flexibility index (Phi) is 4.13. The highest BCUT2D eigenvalue weighted by Gasteiger charge is 2.63. The van der Waals surface area contributed by atoms with Crippen molar-refractivity contribution in [2.45, 2.75) is 81.9 Å². The fourth-order valence-electron chi connectivity index (χ4n) is 7.54. The van der Waals surface area contributed by atoms with Gasteiger partial charge in [0.2, 0.25) is 0 Å². The van der Waals surface area contributed by atoms with Crippen molar-refractivity contribution < 1.29 is 19.4 Å². The molecule has 28 heavy (non-hydrogen) atoms. The maximum atomic E-state index is 12.1. The molecule has 2 aliphatic carbocycles. The highest BCUT2D eigenvalue weighted by molar-refractivity contribution is 5.72. The fraction of sp³-hybridized carbons (Fsp3) is 0.905. The number of rotatable bonds is 2. The predicted molar refractivity (Wildman–Crippen MR) is 103 cm³/mol. The number of fused-ring (bicyclic) bond motifs is 1. The van der Waals surface area contributed by atoms with Crippen LogP contribution in [-0.2, 0) is 4.74 Å². The zero-order chi connectivity index (χ0) is 19.6. The first kappa shape index (κ1) is 18.5. The molecule has 7 heteroatoms. The van der Waals surface area contributed by atoms with Crippen LogP contribution in [0.2, 0.25) is 0 Å². The van der Waals surface area contributed by atoms with Crippen molar-refractivity contribution in [2.24, 2.45) is 11.3 Å². The second-order valence-corrected chi connectivity index (χ2v) is 9.94. The van der Waals surface area contributed by atoms with E-state index < -0.39 is 6.09 Å². The number of alkyl carbamates (subject to hydrolysis) is 1. The third kappa shape index (κ3) is 2.44. The summed E-state index contributed by atoms with van der Waals surface area (Å²) in [5.74, 6) is 0.579. The van der Waals surface area contributed by atoms with E-state index in [1.807, 2.05) is 0 Å². The van der Waals surface area contributed by atoms with Crippen LogP contribution >= 0.6 is 0 Å². The highest BCUT2D eigenvalue weighted by atomic mass is 16.6. The molecule has 5 fully saturated rings. The van der Waals surface area contributed by atoms with E-state index in [1.165, 1.54) is 12.8 Å². The monoisotopic (exact) mass is 391 g/mol.